The lowest BCUT2D eigenvalue weighted by atomic mass is 10.1. The third-order valence-electron chi connectivity index (χ3n) is 6.25. The highest BCUT2D eigenvalue weighted by molar-refractivity contribution is 8.00. The lowest BCUT2D eigenvalue weighted by molar-refractivity contribution is -0.113. The Balaban J connectivity index is 1.16. The van der Waals surface area contributed by atoms with Crippen LogP contribution in [0.2, 0.25) is 5.02 Å². The third kappa shape index (κ3) is 5.34. The number of halogens is 1. The molecule has 5 heterocycles. The number of pyridine rings is 2. The predicted molar refractivity (Wildman–Crippen MR) is 134 cm³/mol. The first-order chi connectivity index (χ1) is 17.0. The summed E-state index contributed by atoms with van der Waals surface area (Å²) < 4.78 is 5.44. The Morgan fingerprint density at radius 3 is 3.06 bits per heavy atom. The number of amides is 1. The lowest BCUT2D eigenvalue weighted by Crippen LogP contribution is -2.30. The van der Waals surface area contributed by atoms with E-state index in [0.717, 1.165) is 40.3 Å². The summed E-state index contributed by atoms with van der Waals surface area (Å²) in [6.07, 6.45) is 5.33. The number of carbonyl (C=O) groups excluding carboxylic acids is 1. The number of β-amino-alcohol motifs (C(OH)–C–C–N with tert-alkyl or cyclic N) is 1. The van der Waals surface area contributed by atoms with Gasteiger partial charge in [0, 0.05) is 51.0 Å². The maximum atomic E-state index is 11.6. The second kappa shape index (κ2) is 10.6. The zero-order chi connectivity index (χ0) is 24.4. The number of methoxy groups -OCH3 is 1. The molecule has 1 amide bonds. The molecule has 0 aromatic carbocycles. The minimum Gasteiger partial charge on any atom is -0.480 e. The summed E-state index contributed by atoms with van der Waals surface area (Å²) in [4.78, 5) is 31.4. The van der Waals surface area contributed by atoms with E-state index >= 15 is 0 Å². The third-order valence-corrected chi connectivity index (χ3v) is 7.56. The van der Waals surface area contributed by atoms with Crippen molar-refractivity contribution in [3.63, 3.8) is 0 Å². The van der Waals surface area contributed by atoms with E-state index in [1.54, 1.807) is 25.7 Å². The molecule has 1 fully saturated rings. The van der Waals surface area contributed by atoms with Gasteiger partial charge >= 0.3 is 0 Å². The number of fused-ring (bicyclic) bond motifs is 2. The van der Waals surface area contributed by atoms with Crippen LogP contribution < -0.4 is 15.4 Å². The van der Waals surface area contributed by atoms with Crippen LogP contribution in [0.3, 0.4) is 0 Å². The molecule has 1 saturated heterocycles. The van der Waals surface area contributed by atoms with E-state index in [2.05, 4.69) is 35.5 Å². The van der Waals surface area contributed by atoms with Crippen molar-refractivity contribution in [2.24, 2.45) is 5.92 Å². The van der Waals surface area contributed by atoms with Crippen LogP contribution in [0.5, 0.6) is 5.88 Å². The van der Waals surface area contributed by atoms with Gasteiger partial charge in [0.25, 0.3) is 0 Å². The summed E-state index contributed by atoms with van der Waals surface area (Å²) in [6, 6.07) is 1.85. The minimum atomic E-state index is -0.423. The van der Waals surface area contributed by atoms with Gasteiger partial charge in [-0.2, -0.15) is 0 Å². The summed E-state index contributed by atoms with van der Waals surface area (Å²) in [5.74, 6) is 1.43. The average Bonchev–Trinajstić information content (AvgIpc) is 3.21. The van der Waals surface area contributed by atoms with Crippen LogP contribution in [-0.4, -0.2) is 81.0 Å². The van der Waals surface area contributed by atoms with Crippen molar-refractivity contribution in [2.75, 3.05) is 44.4 Å². The normalized spacial score (nSPS) is 20.1. The number of hydrogen-bond donors (Lipinski definition) is 3. The lowest BCUT2D eigenvalue weighted by Gasteiger charge is -2.18. The molecule has 2 atom stereocenters. The quantitative estimate of drug-likeness (QED) is 0.408. The number of aromatic nitrogens is 4. The summed E-state index contributed by atoms with van der Waals surface area (Å²) in [5, 5.41) is 18.9. The van der Waals surface area contributed by atoms with Crippen LogP contribution in [0.15, 0.2) is 29.7 Å². The number of anilines is 1. The number of aliphatic hydroxyl groups is 1. The van der Waals surface area contributed by atoms with Crippen molar-refractivity contribution < 1.29 is 14.6 Å². The molecule has 2 aliphatic rings. The molecule has 5 rings (SSSR count). The van der Waals surface area contributed by atoms with E-state index in [9.17, 15) is 9.90 Å². The molecule has 0 radical (unpaired) electrons. The Bertz CT molecular complexity index is 1250. The van der Waals surface area contributed by atoms with E-state index in [0.29, 0.717) is 48.5 Å². The maximum Gasteiger partial charge on any atom is 0.236 e. The van der Waals surface area contributed by atoms with E-state index < -0.39 is 6.10 Å². The van der Waals surface area contributed by atoms with Crippen molar-refractivity contribution >= 4 is 46.0 Å². The molecule has 0 unspecified atom stereocenters. The van der Waals surface area contributed by atoms with Gasteiger partial charge < -0.3 is 25.4 Å². The monoisotopic (exact) mass is 515 g/mol. The molecular formula is C23H26ClN7O3S. The molecule has 10 nitrogen and oxygen atoms in total. The molecule has 0 aliphatic carbocycles. The average molecular weight is 516 g/mol. The van der Waals surface area contributed by atoms with Crippen LogP contribution in [0.1, 0.15) is 11.3 Å². The molecular weight excluding hydrogens is 490 g/mol. The van der Waals surface area contributed by atoms with Gasteiger partial charge in [-0.15, -0.1) is 0 Å². The number of hydrogen-bond acceptors (Lipinski definition) is 10. The summed E-state index contributed by atoms with van der Waals surface area (Å²) >= 11 is 7.88. The van der Waals surface area contributed by atoms with Crippen molar-refractivity contribution in [1.82, 2.24) is 30.2 Å². The second-order valence-corrected chi connectivity index (χ2v) is 9.99. The SMILES string of the molecule is COc1nccc2ncc(Cl)c(CCN3C[C@H](CNCc4cnc5c(n4)NC(=O)CS5)[C@H](O)C3)c12. The highest BCUT2D eigenvalue weighted by Crippen LogP contribution is 2.31. The first-order valence-corrected chi connectivity index (χ1v) is 12.7. The number of carbonyl (C=O) groups is 1. The first kappa shape index (κ1) is 24.1. The molecule has 3 N–H and O–H groups in total. The highest BCUT2D eigenvalue weighted by atomic mass is 35.5. The van der Waals surface area contributed by atoms with Crippen LogP contribution in [0.25, 0.3) is 10.9 Å². The fourth-order valence-electron chi connectivity index (χ4n) is 4.52. The second-order valence-electron chi connectivity index (χ2n) is 8.62. The molecule has 35 heavy (non-hydrogen) atoms. The summed E-state index contributed by atoms with van der Waals surface area (Å²) in [7, 11) is 1.59. The van der Waals surface area contributed by atoms with Crippen LogP contribution in [0.4, 0.5) is 5.82 Å². The van der Waals surface area contributed by atoms with E-state index in [1.165, 1.54) is 11.8 Å². The van der Waals surface area contributed by atoms with E-state index in [-0.39, 0.29) is 11.8 Å². The van der Waals surface area contributed by atoms with Crippen molar-refractivity contribution in [3.05, 3.63) is 40.9 Å². The molecule has 2 aliphatic heterocycles. The van der Waals surface area contributed by atoms with Crippen molar-refractivity contribution in [2.45, 2.75) is 24.1 Å². The van der Waals surface area contributed by atoms with Gasteiger partial charge in [0.2, 0.25) is 11.8 Å². The van der Waals surface area contributed by atoms with Gasteiger partial charge in [-0.3, -0.25) is 9.78 Å². The molecule has 0 spiro atoms. The summed E-state index contributed by atoms with van der Waals surface area (Å²) in [6.45, 7) is 3.28. The Kier molecular flexibility index (Phi) is 7.30. The minimum absolute atomic E-state index is 0.0631. The number of nitrogens with zero attached hydrogens (tertiary/aromatic N) is 5. The van der Waals surface area contributed by atoms with Gasteiger partial charge in [-0.1, -0.05) is 23.4 Å². The number of nitrogens with one attached hydrogen (secondary N) is 2. The molecule has 0 bridgehead atoms. The number of likely N-dealkylation sites (tertiary alicyclic amines) is 1. The van der Waals surface area contributed by atoms with E-state index in [1.807, 2.05) is 6.07 Å². The Hall–Kier alpha value is -2.57. The summed E-state index contributed by atoms with van der Waals surface area (Å²) in [5.41, 5.74) is 2.50. The molecule has 3 aromatic heterocycles. The van der Waals surface area contributed by atoms with Gasteiger partial charge in [0.15, 0.2) is 5.82 Å². The number of aliphatic hydroxyl groups excluding tert-OH is 1. The van der Waals surface area contributed by atoms with Crippen molar-refractivity contribution in [3.8, 4) is 5.88 Å². The maximum absolute atomic E-state index is 11.6. The molecule has 0 saturated carbocycles. The van der Waals surface area contributed by atoms with Gasteiger partial charge in [0.05, 0.1) is 46.8 Å². The largest absolute Gasteiger partial charge is 0.480 e. The number of rotatable bonds is 8. The fraction of sp³-hybridized carbons (Fsp3) is 0.435. The Morgan fingerprint density at radius 2 is 2.20 bits per heavy atom. The molecule has 12 heteroatoms. The Morgan fingerprint density at radius 1 is 1.31 bits per heavy atom. The topological polar surface area (TPSA) is 125 Å². The zero-order valence-corrected chi connectivity index (χ0v) is 20.8. The molecule has 184 valence electrons. The highest BCUT2D eigenvalue weighted by Gasteiger charge is 2.31. The number of ether oxygens (including phenoxy) is 1. The van der Waals surface area contributed by atoms with Crippen LogP contribution in [0, 0.1) is 5.92 Å². The number of thioether (sulfide) groups is 1. The standard InChI is InChI=1S/C23H26ClN7O3S/c1-34-22-20-15(16(24)9-27-17(20)2-4-26-22)3-5-31-10-13(18(32)11-31)6-25-7-14-8-28-23-21(29-14)30-19(33)12-35-23/h2,4,8-9,13,18,25,32H,3,5-7,10-12H2,1H3,(H,29,30,33)/t13-,18+/m0/s1. The Labute approximate surface area is 211 Å². The van der Waals surface area contributed by atoms with Gasteiger partial charge in [-0.05, 0) is 18.1 Å². The smallest absolute Gasteiger partial charge is 0.236 e. The van der Waals surface area contributed by atoms with E-state index in [4.69, 9.17) is 16.3 Å². The van der Waals surface area contributed by atoms with Crippen LogP contribution in [-0.2, 0) is 17.8 Å². The first-order valence-electron chi connectivity index (χ1n) is 11.4. The fourth-order valence-corrected chi connectivity index (χ4v) is 5.45. The van der Waals surface area contributed by atoms with Crippen LogP contribution >= 0.6 is 23.4 Å². The predicted octanol–water partition coefficient (Wildman–Crippen LogP) is 1.75. The molecule has 3 aromatic rings. The van der Waals surface area contributed by atoms with Gasteiger partial charge in [-0.25, -0.2) is 15.0 Å². The van der Waals surface area contributed by atoms with Gasteiger partial charge in [0.1, 0.15) is 5.03 Å². The van der Waals surface area contributed by atoms with Crippen molar-refractivity contribution in [1.29, 1.82) is 0 Å². The zero-order valence-electron chi connectivity index (χ0n) is 19.2.